The number of carboxylic acids is 1. The Morgan fingerprint density at radius 2 is 1.84 bits per heavy atom. The van der Waals surface area contributed by atoms with Crippen molar-refractivity contribution in [1.29, 1.82) is 0 Å². The Morgan fingerprint density at radius 3 is 2.28 bits per heavy atom. The van der Waals surface area contributed by atoms with Gasteiger partial charge in [-0.3, -0.25) is 9.59 Å². The number of aliphatic carboxylic acids is 1. The lowest BCUT2D eigenvalue weighted by atomic mass is 9.79. The summed E-state index contributed by atoms with van der Waals surface area (Å²) >= 11 is 6.00. The number of carbonyl (C=O) groups is 3. The molecule has 1 aromatic rings. The van der Waals surface area contributed by atoms with Crippen molar-refractivity contribution >= 4 is 35.8 Å². The Hall–Kier alpha value is -2.14. The molecule has 1 aromatic carbocycles. The molecule has 0 radical (unpaired) electrons. The van der Waals surface area contributed by atoms with Crippen LogP contribution in [0.2, 0.25) is 5.02 Å². The predicted octanol–water partition coefficient (Wildman–Crippen LogP) is 4.18. The first-order valence-corrected chi connectivity index (χ1v) is 8.44. The molecule has 25 heavy (non-hydrogen) atoms. The van der Waals surface area contributed by atoms with Gasteiger partial charge in [0.25, 0.3) is 0 Å². The molecule has 1 aliphatic carbocycles. The van der Waals surface area contributed by atoms with Crippen molar-refractivity contribution < 1.29 is 19.5 Å². The van der Waals surface area contributed by atoms with Crippen molar-refractivity contribution in [3.8, 4) is 0 Å². The smallest absolute Gasteiger partial charge is 0.304 e. The zero-order valence-electron chi connectivity index (χ0n) is 15.4. The van der Waals surface area contributed by atoms with Gasteiger partial charge in [0.15, 0.2) is 0 Å². The first kappa shape index (κ1) is 22.9. The number of halogens is 1. The highest BCUT2D eigenvalue weighted by molar-refractivity contribution is 6.30. The summed E-state index contributed by atoms with van der Waals surface area (Å²) in [6.45, 7) is 9.37. The van der Waals surface area contributed by atoms with Gasteiger partial charge >= 0.3 is 5.97 Å². The maximum Gasteiger partial charge on any atom is 0.304 e. The van der Waals surface area contributed by atoms with E-state index in [4.69, 9.17) is 21.5 Å². The molecular formula is C19H26ClNO4. The van der Waals surface area contributed by atoms with Gasteiger partial charge in [-0.05, 0) is 49.6 Å². The fraction of sp³-hybridized carbons (Fsp3) is 0.421. The van der Waals surface area contributed by atoms with E-state index in [9.17, 15) is 9.59 Å². The number of carbonyl (C=O) groups excluding carboxylic acids is 2. The van der Waals surface area contributed by atoms with E-state index < -0.39 is 11.4 Å². The molecule has 0 fully saturated rings. The molecule has 2 N–H and O–H groups in total. The molecule has 0 aliphatic heterocycles. The molecule has 2 rings (SSSR count). The number of benzene rings is 1. The van der Waals surface area contributed by atoms with Crippen LogP contribution in [-0.2, 0) is 19.8 Å². The molecule has 0 bridgehead atoms. The van der Waals surface area contributed by atoms with Crippen LogP contribution in [0.15, 0.2) is 23.9 Å². The molecule has 0 spiro atoms. The van der Waals surface area contributed by atoms with E-state index in [-0.39, 0.29) is 6.42 Å². The normalized spacial score (nSPS) is 17.4. The summed E-state index contributed by atoms with van der Waals surface area (Å²) in [5.41, 5.74) is 2.50. The Balaban J connectivity index is 0.000000844. The SMILES string of the molecule is CC1=C(NC=O)C(C)(CC(=O)O)c2cc(Cl)ccc21.CC=O.CCC. The number of hydrogen-bond donors (Lipinski definition) is 2. The summed E-state index contributed by atoms with van der Waals surface area (Å²) in [7, 11) is 0. The van der Waals surface area contributed by atoms with E-state index in [1.54, 1.807) is 19.1 Å². The van der Waals surface area contributed by atoms with E-state index >= 15 is 0 Å². The fourth-order valence-electron chi connectivity index (χ4n) is 2.80. The van der Waals surface area contributed by atoms with Crippen LogP contribution in [0.1, 0.15) is 58.6 Å². The lowest BCUT2D eigenvalue weighted by molar-refractivity contribution is -0.138. The van der Waals surface area contributed by atoms with Crippen LogP contribution in [0.4, 0.5) is 0 Å². The number of carboxylic acid groups (broad SMARTS) is 1. The second kappa shape index (κ2) is 10.7. The summed E-state index contributed by atoms with van der Waals surface area (Å²) < 4.78 is 0. The number of aldehydes is 1. The molecular weight excluding hydrogens is 342 g/mol. The van der Waals surface area contributed by atoms with Gasteiger partial charge in [-0.15, -0.1) is 0 Å². The maximum atomic E-state index is 11.1. The second-order valence-corrected chi connectivity index (χ2v) is 6.23. The van der Waals surface area contributed by atoms with Gasteiger partial charge < -0.3 is 15.2 Å². The highest BCUT2D eigenvalue weighted by Gasteiger charge is 2.42. The van der Waals surface area contributed by atoms with E-state index in [1.165, 1.54) is 13.3 Å². The third-order valence-electron chi connectivity index (χ3n) is 3.61. The standard InChI is InChI=1S/C14H14ClNO3.C3H8.C2H4O/c1-8-10-4-3-9(15)5-11(10)14(2,6-12(18)19)13(8)16-7-17;1-3-2;1-2-3/h3-5,7H,6H2,1-2H3,(H,16,17)(H,18,19);3H2,1-2H3;2H,1H3. The zero-order chi connectivity index (χ0) is 19.6. The van der Waals surface area contributed by atoms with Gasteiger partial charge in [-0.2, -0.15) is 0 Å². The van der Waals surface area contributed by atoms with Crippen molar-refractivity contribution in [3.63, 3.8) is 0 Å². The largest absolute Gasteiger partial charge is 0.481 e. The molecule has 0 saturated carbocycles. The maximum absolute atomic E-state index is 11.1. The molecule has 6 heteroatoms. The summed E-state index contributed by atoms with van der Waals surface area (Å²) in [4.78, 5) is 30.7. The second-order valence-electron chi connectivity index (χ2n) is 5.80. The van der Waals surface area contributed by atoms with Gasteiger partial charge in [0.1, 0.15) is 6.29 Å². The number of fused-ring (bicyclic) bond motifs is 1. The summed E-state index contributed by atoms with van der Waals surface area (Å²) in [6.07, 6.45) is 2.47. The Kier molecular flexibility index (Phi) is 9.76. The van der Waals surface area contributed by atoms with Crippen LogP contribution in [-0.4, -0.2) is 23.8 Å². The van der Waals surface area contributed by atoms with Gasteiger partial charge in [0, 0.05) is 16.1 Å². The van der Waals surface area contributed by atoms with Gasteiger partial charge in [-0.1, -0.05) is 37.9 Å². The highest BCUT2D eigenvalue weighted by Crippen LogP contribution is 2.47. The lowest BCUT2D eigenvalue weighted by Crippen LogP contribution is -2.32. The third-order valence-corrected chi connectivity index (χ3v) is 3.85. The fourth-order valence-corrected chi connectivity index (χ4v) is 2.97. The third kappa shape index (κ3) is 5.71. The summed E-state index contributed by atoms with van der Waals surface area (Å²) in [5.74, 6) is -0.923. The molecule has 138 valence electrons. The van der Waals surface area contributed by atoms with Crippen molar-refractivity contribution in [2.75, 3.05) is 0 Å². The minimum atomic E-state index is -0.923. The van der Waals surface area contributed by atoms with Crippen LogP contribution < -0.4 is 5.32 Å². The predicted molar refractivity (Wildman–Crippen MR) is 101 cm³/mol. The number of rotatable bonds is 4. The average Bonchev–Trinajstić information content (AvgIpc) is 2.70. The molecule has 0 heterocycles. The Labute approximate surface area is 154 Å². The van der Waals surface area contributed by atoms with Crippen molar-refractivity contribution in [2.45, 2.75) is 52.9 Å². The van der Waals surface area contributed by atoms with E-state index in [0.29, 0.717) is 17.1 Å². The van der Waals surface area contributed by atoms with E-state index in [0.717, 1.165) is 23.0 Å². The molecule has 0 aromatic heterocycles. The molecule has 0 saturated heterocycles. The van der Waals surface area contributed by atoms with Gasteiger partial charge in [0.2, 0.25) is 6.41 Å². The molecule has 1 unspecified atom stereocenters. The Morgan fingerprint density at radius 1 is 1.32 bits per heavy atom. The van der Waals surface area contributed by atoms with Crippen molar-refractivity contribution in [3.05, 3.63) is 40.0 Å². The summed E-state index contributed by atoms with van der Waals surface area (Å²) in [5, 5.41) is 12.3. The monoisotopic (exact) mass is 367 g/mol. The minimum Gasteiger partial charge on any atom is -0.481 e. The number of hydrogen-bond acceptors (Lipinski definition) is 3. The first-order valence-electron chi connectivity index (χ1n) is 8.06. The van der Waals surface area contributed by atoms with Crippen LogP contribution >= 0.6 is 11.6 Å². The number of allylic oxidation sites excluding steroid dienone is 2. The van der Waals surface area contributed by atoms with Crippen LogP contribution in [0.3, 0.4) is 0 Å². The van der Waals surface area contributed by atoms with Crippen molar-refractivity contribution in [1.82, 2.24) is 5.32 Å². The van der Waals surface area contributed by atoms with Crippen LogP contribution in [0.25, 0.3) is 5.57 Å². The Bertz CT molecular complexity index is 655. The minimum absolute atomic E-state index is 0.103. The first-order chi connectivity index (χ1) is 11.7. The van der Waals surface area contributed by atoms with Crippen molar-refractivity contribution in [2.24, 2.45) is 0 Å². The number of amides is 1. The average molecular weight is 368 g/mol. The van der Waals surface area contributed by atoms with Crippen LogP contribution in [0.5, 0.6) is 0 Å². The number of nitrogens with one attached hydrogen (secondary N) is 1. The molecule has 5 nitrogen and oxygen atoms in total. The topological polar surface area (TPSA) is 83.5 Å². The highest BCUT2D eigenvalue weighted by atomic mass is 35.5. The lowest BCUT2D eigenvalue weighted by Gasteiger charge is -2.27. The van der Waals surface area contributed by atoms with Crippen LogP contribution in [0, 0.1) is 0 Å². The quantitative estimate of drug-likeness (QED) is 0.782. The molecule has 1 aliphatic rings. The van der Waals surface area contributed by atoms with Gasteiger partial charge in [-0.25, -0.2) is 0 Å². The summed E-state index contributed by atoms with van der Waals surface area (Å²) in [6, 6.07) is 5.38. The molecule has 1 atom stereocenters. The van der Waals surface area contributed by atoms with E-state index in [2.05, 4.69) is 19.2 Å². The van der Waals surface area contributed by atoms with Gasteiger partial charge in [0.05, 0.1) is 6.42 Å². The zero-order valence-corrected chi connectivity index (χ0v) is 16.1. The molecule has 1 amide bonds. The van der Waals surface area contributed by atoms with E-state index in [1.807, 2.05) is 13.0 Å².